The average molecular weight is 497 g/mol. The van der Waals surface area contributed by atoms with Crippen molar-refractivity contribution >= 4 is 40.3 Å². The Morgan fingerprint density at radius 1 is 1.23 bits per heavy atom. The second kappa shape index (κ2) is 9.70. The van der Waals surface area contributed by atoms with Crippen LogP contribution < -0.4 is 5.32 Å². The third-order valence-electron chi connectivity index (χ3n) is 5.83. The highest BCUT2D eigenvalue weighted by Crippen LogP contribution is 2.28. The number of nitrogens with zero attached hydrogens (tertiary/aromatic N) is 2. The van der Waals surface area contributed by atoms with E-state index in [9.17, 15) is 14.4 Å². The monoisotopic (exact) mass is 496 g/mol. The minimum atomic E-state index is -0.593. The van der Waals surface area contributed by atoms with Crippen molar-refractivity contribution in [1.82, 2.24) is 20.2 Å². The van der Waals surface area contributed by atoms with Gasteiger partial charge in [-0.2, -0.15) is 0 Å². The van der Waals surface area contributed by atoms with Crippen LogP contribution in [0.15, 0.2) is 36.5 Å². The van der Waals surface area contributed by atoms with Gasteiger partial charge in [0.25, 0.3) is 0 Å². The number of benzene rings is 1. The van der Waals surface area contributed by atoms with Crippen molar-refractivity contribution in [2.24, 2.45) is 0 Å². The molecule has 0 aliphatic carbocycles. The van der Waals surface area contributed by atoms with Crippen LogP contribution in [-0.4, -0.2) is 57.4 Å². The molecule has 1 atom stereocenters. The molecule has 2 aromatic heterocycles. The molecule has 1 fully saturated rings. The number of hydrogen-bond donors (Lipinski definition) is 2. The third kappa shape index (κ3) is 5.82. The van der Waals surface area contributed by atoms with Crippen LogP contribution >= 0.6 is 11.6 Å². The van der Waals surface area contributed by atoms with E-state index < -0.39 is 11.7 Å². The highest BCUT2D eigenvalue weighted by atomic mass is 35.5. The molecule has 1 aromatic carbocycles. The summed E-state index contributed by atoms with van der Waals surface area (Å²) in [6, 6.07) is 8.64. The van der Waals surface area contributed by atoms with Gasteiger partial charge in [-0.05, 0) is 75.6 Å². The Balaban J connectivity index is 1.55. The van der Waals surface area contributed by atoms with Gasteiger partial charge in [0.1, 0.15) is 11.3 Å². The van der Waals surface area contributed by atoms with Crippen molar-refractivity contribution in [2.45, 2.75) is 52.2 Å². The molecule has 8 nitrogen and oxygen atoms in total. The van der Waals surface area contributed by atoms with E-state index in [2.05, 4.69) is 15.3 Å². The summed E-state index contributed by atoms with van der Waals surface area (Å²) < 4.78 is 5.32. The van der Waals surface area contributed by atoms with Crippen LogP contribution in [0.1, 0.15) is 54.5 Å². The van der Waals surface area contributed by atoms with E-state index in [1.54, 1.807) is 56.1 Å². The topological polar surface area (TPSA) is 104 Å². The zero-order valence-electron chi connectivity index (χ0n) is 20.3. The number of alkyl carbamates (subject to hydrolysis) is 1. The number of hydrogen-bond acceptors (Lipinski definition) is 5. The number of ether oxygens (including phenoxy) is 1. The van der Waals surface area contributed by atoms with Crippen LogP contribution in [-0.2, 0) is 16.0 Å². The van der Waals surface area contributed by atoms with Gasteiger partial charge in [0, 0.05) is 35.2 Å². The summed E-state index contributed by atoms with van der Waals surface area (Å²) in [5, 5.41) is 4.07. The quantitative estimate of drug-likeness (QED) is 0.509. The average Bonchev–Trinajstić information content (AvgIpc) is 3.37. The summed E-state index contributed by atoms with van der Waals surface area (Å²) in [6.07, 6.45) is 1.74. The van der Waals surface area contributed by atoms with E-state index in [1.807, 2.05) is 13.0 Å². The zero-order chi connectivity index (χ0) is 25.3. The van der Waals surface area contributed by atoms with Gasteiger partial charge in [-0.25, -0.2) is 4.79 Å². The molecule has 9 heteroatoms. The number of rotatable bonds is 5. The molecular formula is C26H29ClN4O4. The van der Waals surface area contributed by atoms with Crippen LogP contribution in [0.3, 0.4) is 0 Å². The molecule has 0 radical (unpaired) electrons. The first-order valence-corrected chi connectivity index (χ1v) is 11.9. The first kappa shape index (κ1) is 24.7. The first-order chi connectivity index (χ1) is 16.5. The van der Waals surface area contributed by atoms with Crippen molar-refractivity contribution in [3.8, 4) is 0 Å². The normalized spacial score (nSPS) is 15.9. The lowest BCUT2D eigenvalue weighted by Crippen LogP contribution is -2.41. The summed E-state index contributed by atoms with van der Waals surface area (Å²) in [5.74, 6) is -0.416. The molecule has 1 unspecified atom stereocenters. The number of fused-ring (bicyclic) bond motifs is 1. The first-order valence-electron chi connectivity index (χ1n) is 11.5. The van der Waals surface area contributed by atoms with Crippen LogP contribution in [0.25, 0.3) is 10.9 Å². The fourth-order valence-corrected chi connectivity index (χ4v) is 4.40. The number of amides is 2. The molecular weight excluding hydrogens is 468 g/mol. The Morgan fingerprint density at radius 2 is 2.00 bits per heavy atom. The third-order valence-corrected chi connectivity index (χ3v) is 6.07. The van der Waals surface area contributed by atoms with Crippen molar-refractivity contribution < 1.29 is 19.1 Å². The fraction of sp³-hybridized carbons (Fsp3) is 0.385. The molecule has 3 heterocycles. The zero-order valence-corrected chi connectivity index (χ0v) is 21.0. The molecule has 2 N–H and O–H groups in total. The lowest BCUT2D eigenvalue weighted by Gasteiger charge is -2.22. The van der Waals surface area contributed by atoms with Crippen molar-refractivity contribution in [2.75, 3.05) is 13.1 Å². The van der Waals surface area contributed by atoms with Gasteiger partial charge in [0.2, 0.25) is 11.7 Å². The van der Waals surface area contributed by atoms with E-state index in [0.717, 1.165) is 16.5 Å². The molecule has 2 amide bonds. The highest BCUT2D eigenvalue weighted by molar-refractivity contribution is 6.31. The molecule has 0 bridgehead atoms. The van der Waals surface area contributed by atoms with Crippen LogP contribution in [0.5, 0.6) is 0 Å². The second-order valence-electron chi connectivity index (χ2n) is 9.86. The van der Waals surface area contributed by atoms with Crippen molar-refractivity contribution in [3.05, 3.63) is 64.1 Å². The Bertz CT molecular complexity index is 1290. The van der Waals surface area contributed by atoms with Gasteiger partial charge in [0.15, 0.2) is 0 Å². The van der Waals surface area contributed by atoms with Gasteiger partial charge in [-0.1, -0.05) is 11.6 Å². The van der Waals surface area contributed by atoms with E-state index in [0.29, 0.717) is 41.5 Å². The fourth-order valence-electron chi connectivity index (χ4n) is 4.23. The van der Waals surface area contributed by atoms with Crippen LogP contribution in [0, 0.1) is 6.92 Å². The summed E-state index contributed by atoms with van der Waals surface area (Å²) in [6.45, 7) is 8.18. The molecule has 1 saturated heterocycles. The highest BCUT2D eigenvalue weighted by Gasteiger charge is 2.30. The summed E-state index contributed by atoms with van der Waals surface area (Å²) >= 11 is 6.24. The van der Waals surface area contributed by atoms with Crippen molar-refractivity contribution in [3.63, 3.8) is 0 Å². The van der Waals surface area contributed by atoms with E-state index in [4.69, 9.17) is 16.3 Å². The smallest absolute Gasteiger partial charge is 0.407 e. The number of aromatic amines is 1. The summed E-state index contributed by atoms with van der Waals surface area (Å²) in [4.78, 5) is 47.8. The maximum Gasteiger partial charge on any atom is 0.407 e. The van der Waals surface area contributed by atoms with Gasteiger partial charge < -0.3 is 19.9 Å². The molecule has 1 aliphatic rings. The van der Waals surface area contributed by atoms with Gasteiger partial charge >= 0.3 is 6.09 Å². The number of H-pyrrole nitrogens is 1. The second-order valence-corrected chi connectivity index (χ2v) is 10.3. The maximum absolute atomic E-state index is 13.4. The minimum absolute atomic E-state index is 0.0202. The van der Waals surface area contributed by atoms with Crippen LogP contribution in [0.4, 0.5) is 4.79 Å². The van der Waals surface area contributed by atoms with Gasteiger partial charge in [-0.3, -0.25) is 14.6 Å². The Kier molecular flexibility index (Phi) is 6.85. The molecule has 184 valence electrons. The van der Waals surface area contributed by atoms with Crippen molar-refractivity contribution in [1.29, 1.82) is 0 Å². The predicted molar refractivity (Wildman–Crippen MR) is 134 cm³/mol. The number of carbonyl (C=O) groups is 3. The lowest BCUT2D eigenvalue weighted by molar-refractivity contribution is -0.129. The number of ketones is 1. The Labute approximate surface area is 209 Å². The molecule has 0 saturated carbocycles. The van der Waals surface area contributed by atoms with Gasteiger partial charge in [0.05, 0.1) is 18.2 Å². The van der Waals surface area contributed by atoms with E-state index >= 15 is 0 Å². The van der Waals surface area contributed by atoms with Crippen LogP contribution in [0.2, 0.25) is 5.02 Å². The van der Waals surface area contributed by atoms with Gasteiger partial charge in [-0.15, -0.1) is 0 Å². The molecule has 4 rings (SSSR count). The number of likely N-dealkylation sites (tertiary alicyclic amines) is 1. The number of aryl methyl sites for hydroxylation is 1. The predicted octanol–water partition coefficient (Wildman–Crippen LogP) is 4.42. The Hall–Kier alpha value is -3.39. The number of halogens is 1. The molecule has 3 aromatic rings. The Morgan fingerprint density at radius 3 is 2.71 bits per heavy atom. The maximum atomic E-state index is 13.4. The SMILES string of the molecule is Cc1ccnc(C(=O)c2[nH]c3ccc(Cl)cc3c2CC(=O)N2CCC(NC(=O)OC(C)(C)C)C2)c1. The largest absolute Gasteiger partial charge is 0.444 e. The lowest BCUT2D eigenvalue weighted by atomic mass is 10.0. The standard InChI is InChI=1S/C26H29ClN4O4/c1-15-7-9-28-21(11-15)24(33)23-19(18-12-16(27)5-6-20(18)30-23)13-22(32)31-10-8-17(14-31)29-25(34)35-26(2,3)4/h5-7,9,11-12,17,30H,8,10,13-14H2,1-4H3,(H,29,34). The summed E-state index contributed by atoms with van der Waals surface area (Å²) in [7, 11) is 0. The summed E-state index contributed by atoms with van der Waals surface area (Å²) in [5.41, 5.74) is 2.27. The number of pyridine rings is 1. The number of carbonyl (C=O) groups excluding carboxylic acids is 3. The number of aromatic nitrogens is 2. The molecule has 1 aliphatic heterocycles. The van der Waals surface area contributed by atoms with E-state index in [1.165, 1.54) is 0 Å². The number of nitrogens with one attached hydrogen (secondary N) is 2. The van der Waals surface area contributed by atoms with E-state index in [-0.39, 0.29) is 24.2 Å². The minimum Gasteiger partial charge on any atom is -0.444 e. The molecule has 0 spiro atoms. The molecule has 35 heavy (non-hydrogen) atoms.